The fraction of sp³-hybridized carbons (Fsp3) is 0. The third kappa shape index (κ3) is 4.41. The molecule has 6 nitrogen and oxygen atoms in total. The van der Waals surface area contributed by atoms with Gasteiger partial charge >= 0.3 is 0 Å². The van der Waals surface area contributed by atoms with E-state index in [0.717, 1.165) is 10.5 Å². The van der Waals surface area contributed by atoms with Gasteiger partial charge in [0, 0.05) is 15.6 Å². The molecule has 0 unspecified atom stereocenters. The molecule has 0 saturated heterocycles. The fourth-order valence-electron chi connectivity index (χ4n) is 1.83. The zero-order valence-electron chi connectivity index (χ0n) is 12.0. The van der Waals surface area contributed by atoms with E-state index in [0.29, 0.717) is 5.56 Å². The first kappa shape index (κ1) is 17.7. The van der Waals surface area contributed by atoms with Gasteiger partial charge in [0.05, 0.1) is 4.92 Å². The largest absolute Gasteiger partial charge is 0.316 e. The summed E-state index contributed by atoms with van der Waals surface area (Å²) in [7, 11) is 0. The average Bonchev–Trinajstić information content (AvgIpc) is 2.55. The molecule has 0 aliphatic rings. The van der Waals surface area contributed by atoms with Crippen molar-refractivity contribution in [1.82, 2.24) is 0 Å². The highest BCUT2D eigenvalue weighted by atomic mass is 79.9. The van der Waals surface area contributed by atoms with Gasteiger partial charge in [-0.2, -0.15) is 5.26 Å². The van der Waals surface area contributed by atoms with Crippen LogP contribution in [0.3, 0.4) is 0 Å². The van der Waals surface area contributed by atoms with Crippen molar-refractivity contribution in [2.45, 2.75) is 0 Å². The van der Waals surface area contributed by atoms with Gasteiger partial charge in [0.15, 0.2) is 0 Å². The summed E-state index contributed by atoms with van der Waals surface area (Å²) in [5.41, 5.74) is 0.0835. The van der Waals surface area contributed by atoms with Crippen LogP contribution in [0.25, 0.3) is 6.08 Å². The Kier molecular flexibility index (Phi) is 5.68. The van der Waals surface area contributed by atoms with Crippen LogP contribution in [0.2, 0.25) is 5.02 Å². The molecule has 0 radical (unpaired) electrons. The maximum Gasteiger partial charge on any atom is 0.294 e. The third-order valence-electron chi connectivity index (χ3n) is 2.95. The molecule has 120 valence electrons. The highest BCUT2D eigenvalue weighted by Gasteiger charge is 2.18. The number of nitrogens with zero attached hydrogens (tertiary/aromatic N) is 2. The summed E-state index contributed by atoms with van der Waals surface area (Å²) < 4.78 is 0.861. The molecular weight excluding hydrogens is 398 g/mol. The second-order valence-electron chi connectivity index (χ2n) is 4.59. The lowest BCUT2D eigenvalue weighted by atomic mass is 10.1. The number of hydrogen-bond acceptors (Lipinski definition) is 4. The van der Waals surface area contributed by atoms with Crippen LogP contribution in [0, 0.1) is 21.4 Å². The molecule has 2 aromatic rings. The summed E-state index contributed by atoms with van der Waals surface area (Å²) >= 11 is 9.01. The molecule has 0 aliphatic heterocycles. The van der Waals surface area contributed by atoms with Crippen molar-refractivity contribution < 1.29 is 9.72 Å². The summed E-state index contributed by atoms with van der Waals surface area (Å²) in [5.74, 6) is -0.745. The zero-order chi connectivity index (χ0) is 17.7. The first-order valence-corrected chi connectivity index (χ1v) is 7.70. The van der Waals surface area contributed by atoms with E-state index in [1.165, 1.54) is 18.2 Å². The number of hydrogen-bond donors (Lipinski definition) is 1. The molecule has 0 atom stereocenters. The normalized spacial score (nSPS) is 10.8. The first-order valence-electron chi connectivity index (χ1n) is 6.53. The van der Waals surface area contributed by atoms with Gasteiger partial charge in [-0.15, -0.1) is 0 Å². The molecule has 24 heavy (non-hydrogen) atoms. The van der Waals surface area contributed by atoms with E-state index in [-0.39, 0.29) is 22.0 Å². The summed E-state index contributed by atoms with van der Waals surface area (Å²) in [4.78, 5) is 22.6. The van der Waals surface area contributed by atoms with Gasteiger partial charge in [0.25, 0.3) is 11.6 Å². The molecule has 1 N–H and O–H groups in total. The summed E-state index contributed by atoms with van der Waals surface area (Å²) in [6, 6.07) is 12.6. The summed E-state index contributed by atoms with van der Waals surface area (Å²) in [6.07, 6.45) is 1.39. The van der Waals surface area contributed by atoms with E-state index in [1.54, 1.807) is 30.3 Å². The Labute approximate surface area is 150 Å². The third-order valence-corrected chi connectivity index (χ3v) is 3.71. The van der Waals surface area contributed by atoms with Crippen molar-refractivity contribution in [3.8, 4) is 6.07 Å². The summed E-state index contributed by atoms with van der Waals surface area (Å²) in [6.45, 7) is 0. The van der Waals surface area contributed by atoms with Gasteiger partial charge in [-0.3, -0.25) is 14.9 Å². The molecule has 2 aromatic carbocycles. The number of amides is 1. The number of nitrogens with one attached hydrogen (secondary N) is 1. The Hall–Kier alpha value is -2.69. The first-order chi connectivity index (χ1) is 11.4. The van der Waals surface area contributed by atoms with Crippen molar-refractivity contribution >= 4 is 50.9 Å². The minimum Gasteiger partial charge on any atom is -0.316 e. The van der Waals surface area contributed by atoms with Gasteiger partial charge < -0.3 is 5.32 Å². The van der Waals surface area contributed by atoms with E-state index in [4.69, 9.17) is 16.9 Å². The minimum atomic E-state index is -0.745. The van der Waals surface area contributed by atoms with Crippen molar-refractivity contribution in [2.24, 2.45) is 0 Å². The minimum absolute atomic E-state index is 0.0358. The molecule has 0 heterocycles. The number of nitro groups is 1. The number of halogens is 2. The molecule has 0 aliphatic carbocycles. The lowest BCUT2D eigenvalue weighted by Crippen LogP contribution is -2.14. The van der Waals surface area contributed by atoms with E-state index < -0.39 is 10.8 Å². The Morgan fingerprint density at radius 3 is 2.54 bits per heavy atom. The topological polar surface area (TPSA) is 96.0 Å². The van der Waals surface area contributed by atoms with E-state index >= 15 is 0 Å². The number of nitriles is 1. The molecule has 0 aromatic heterocycles. The van der Waals surface area contributed by atoms with Crippen LogP contribution >= 0.6 is 27.5 Å². The van der Waals surface area contributed by atoms with E-state index in [2.05, 4.69) is 21.2 Å². The quantitative estimate of drug-likeness (QED) is 0.348. The number of rotatable bonds is 4. The van der Waals surface area contributed by atoms with Crippen molar-refractivity contribution in [1.29, 1.82) is 5.26 Å². The zero-order valence-corrected chi connectivity index (χ0v) is 14.3. The van der Waals surface area contributed by atoms with Crippen LogP contribution in [0.15, 0.2) is 52.5 Å². The fourth-order valence-corrected chi connectivity index (χ4v) is 2.26. The molecule has 1 amide bonds. The summed E-state index contributed by atoms with van der Waals surface area (Å²) in [5, 5.41) is 22.7. The lowest BCUT2D eigenvalue weighted by Gasteiger charge is -2.05. The second-order valence-corrected chi connectivity index (χ2v) is 5.95. The molecule has 8 heteroatoms. The molecule has 0 bridgehead atoms. The predicted octanol–water partition coefficient (Wildman–Crippen LogP) is 4.56. The Bertz CT molecular complexity index is 873. The number of nitro benzene ring substituents is 1. The number of carbonyl (C=O) groups is 1. The van der Waals surface area contributed by atoms with Crippen LogP contribution in [-0.4, -0.2) is 10.8 Å². The van der Waals surface area contributed by atoms with Crippen molar-refractivity contribution in [3.63, 3.8) is 0 Å². The van der Waals surface area contributed by atoms with Crippen molar-refractivity contribution in [2.75, 3.05) is 5.32 Å². The van der Waals surface area contributed by atoms with Crippen molar-refractivity contribution in [3.05, 3.63) is 73.2 Å². The molecule has 0 saturated carbocycles. The van der Waals surface area contributed by atoms with Gasteiger partial charge in [-0.1, -0.05) is 39.7 Å². The molecule has 2 rings (SSSR count). The molecular formula is C16H9BrClN3O3. The lowest BCUT2D eigenvalue weighted by molar-refractivity contribution is -0.383. The van der Waals surface area contributed by atoms with Crippen LogP contribution in [0.5, 0.6) is 0 Å². The van der Waals surface area contributed by atoms with E-state index in [9.17, 15) is 14.9 Å². The number of anilines is 1. The van der Waals surface area contributed by atoms with Crippen LogP contribution in [-0.2, 0) is 4.79 Å². The standard InChI is InChI=1S/C16H9BrClN3O3/c17-12-3-1-10(2-4-12)7-11(9-19)16(22)20-14-6-5-13(18)8-15(14)21(23)24/h1-8H,(H,20,22). The second kappa shape index (κ2) is 7.73. The Balaban J connectivity index is 2.29. The van der Waals surface area contributed by atoms with Gasteiger partial charge in [-0.05, 0) is 35.9 Å². The highest BCUT2D eigenvalue weighted by molar-refractivity contribution is 9.10. The highest BCUT2D eigenvalue weighted by Crippen LogP contribution is 2.28. The number of benzene rings is 2. The molecule has 0 fully saturated rings. The average molecular weight is 407 g/mol. The number of carbonyl (C=O) groups excluding carboxylic acids is 1. The van der Waals surface area contributed by atoms with Gasteiger partial charge in [0.2, 0.25) is 0 Å². The monoisotopic (exact) mass is 405 g/mol. The Morgan fingerprint density at radius 2 is 1.96 bits per heavy atom. The SMILES string of the molecule is N#CC(=Cc1ccc(Br)cc1)C(=O)Nc1ccc(Cl)cc1[N+](=O)[O-]. The van der Waals surface area contributed by atoms with E-state index in [1.807, 2.05) is 0 Å². The Morgan fingerprint density at radius 1 is 1.29 bits per heavy atom. The smallest absolute Gasteiger partial charge is 0.294 e. The van der Waals surface area contributed by atoms with Gasteiger partial charge in [0.1, 0.15) is 17.3 Å². The van der Waals surface area contributed by atoms with Crippen LogP contribution in [0.1, 0.15) is 5.56 Å². The van der Waals surface area contributed by atoms with Gasteiger partial charge in [-0.25, -0.2) is 0 Å². The maximum atomic E-state index is 12.2. The van der Waals surface area contributed by atoms with Crippen LogP contribution in [0.4, 0.5) is 11.4 Å². The van der Waals surface area contributed by atoms with Crippen LogP contribution < -0.4 is 5.32 Å². The molecule has 0 spiro atoms. The maximum absolute atomic E-state index is 12.2. The predicted molar refractivity (Wildman–Crippen MR) is 94.5 cm³/mol.